The van der Waals surface area contributed by atoms with Gasteiger partial charge in [0.25, 0.3) is 0 Å². The van der Waals surface area contributed by atoms with Crippen molar-refractivity contribution in [2.24, 2.45) is 0 Å². The summed E-state index contributed by atoms with van der Waals surface area (Å²) in [5.41, 5.74) is 0. The third kappa shape index (κ3) is 2.90. The first-order valence-electron chi connectivity index (χ1n) is 3.82. The molecule has 0 aliphatic carbocycles. The molecule has 0 aromatic rings. The van der Waals surface area contributed by atoms with E-state index in [4.69, 9.17) is 4.74 Å². The molecule has 1 atom stereocenters. The molecule has 1 N–H and O–H groups in total. The van der Waals surface area contributed by atoms with Crippen LogP contribution in [-0.2, 0) is 4.74 Å². The summed E-state index contributed by atoms with van der Waals surface area (Å²) in [5.74, 6) is 2.40. The lowest BCUT2D eigenvalue weighted by molar-refractivity contribution is 0.0837. The summed E-state index contributed by atoms with van der Waals surface area (Å²) in [4.78, 5) is 0. The average molecular weight is 161 g/mol. The zero-order valence-electron chi connectivity index (χ0n) is 6.43. The Morgan fingerprint density at radius 1 is 1.70 bits per heavy atom. The van der Waals surface area contributed by atoms with Crippen LogP contribution in [0.3, 0.4) is 0 Å². The van der Waals surface area contributed by atoms with Crippen molar-refractivity contribution < 1.29 is 4.74 Å². The van der Waals surface area contributed by atoms with E-state index < -0.39 is 0 Å². The smallest absolute Gasteiger partial charge is 0.0628 e. The van der Waals surface area contributed by atoms with Crippen molar-refractivity contribution in [1.82, 2.24) is 5.32 Å². The molecule has 1 unspecified atom stereocenters. The van der Waals surface area contributed by atoms with Crippen LogP contribution in [0.2, 0.25) is 0 Å². The van der Waals surface area contributed by atoms with Gasteiger partial charge in [-0.25, -0.2) is 0 Å². The van der Waals surface area contributed by atoms with Gasteiger partial charge in [-0.05, 0) is 5.75 Å². The van der Waals surface area contributed by atoms with E-state index in [1.165, 1.54) is 11.5 Å². The van der Waals surface area contributed by atoms with Gasteiger partial charge >= 0.3 is 0 Å². The number of thioether (sulfide) groups is 1. The van der Waals surface area contributed by atoms with Crippen LogP contribution in [0.15, 0.2) is 0 Å². The van der Waals surface area contributed by atoms with Crippen LogP contribution in [0.25, 0.3) is 0 Å². The summed E-state index contributed by atoms with van der Waals surface area (Å²) in [7, 11) is 0. The molecule has 0 aromatic carbocycles. The molecule has 10 heavy (non-hydrogen) atoms. The van der Waals surface area contributed by atoms with Crippen LogP contribution >= 0.6 is 11.8 Å². The summed E-state index contributed by atoms with van der Waals surface area (Å²) in [6.45, 7) is 4.99. The maximum absolute atomic E-state index is 5.30. The van der Waals surface area contributed by atoms with Crippen LogP contribution in [0.5, 0.6) is 0 Å². The molecule has 3 heteroatoms. The molecule has 60 valence electrons. The standard InChI is InChI=1S/C7H15NOS/c1-2-10-6-7-5-9-4-3-8-7/h7-8H,2-6H2,1H3. The van der Waals surface area contributed by atoms with Gasteiger partial charge in [-0.3, -0.25) is 0 Å². The Morgan fingerprint density at radius 3 is 3.20 bits per heavy atom. The van der Waals surface area contributed by atoms with Crippen LogP contribution in [0.4, 0.5) is 0 Å². The monoisotopic (exact) mass is 161 g/mol. The van der Waals surface area contributed by atoms with Crippen LogP contribution in [0, 0.1) is 0 Å². The number of morpholine rings is 1. The summed E-state index contributed by atoms with van der Waals surface area (Å²) in [5, 5.41) is 3.41. The zero-order chi connectivity index (χ0) is 7.23. The Kier molecular flexibility index (Phi) is 4.18. The first kappa shape index (κ1) is 8.37. The Labute approximate surface area is 66.7 Å². The number of hydrogen-bond acceptors (Lipinski definition) is 3. The minimum atomic E-state index is 0.596. The Morgan fingerprint density at radius 2 is 2.60 bits per heavy atom. The molecule has 0 aromatic heterocycles. The molecule has 1 heterocycles. The van der Waals surface area contributed by atoms with Crippen molar-refractivity contribution in [3.8, 4) is 0 Å². The van der Waals surface area contributed by atoms with Crippen molar-refractivity contribution >= 4 is 11.8 Å². The van der Waals surface area contributed by atoms with Crippen LogP contribution in [-0.4, -0.2) is 37.3 Å². The van der Waals surface area contributed by atoms with Gasteiger partial charge in [0.15, 0.2) is 0 Å². The van der Waals surface area contributed by atoms with Crippen LogP contribution < -0.4 is 5.32 Å². The fraction of sp³-hybridized carbons (Fsp3) is 1.00. The molecule has 0 amide bonds. The molecule has 0 spiro atoms. The van der Waals surface area contributed by atoms with Gasteiger partial charge in [0, 0.05) is 18.3 Å². The van der Waals surface area contributed by atoms with Gasteiger partial charge in [-0.15, -0.1) is 0 Å². The zero-order valence-corrected chi connectivity index (χ0v) is 7.25. The fourth-order valence-corrected chi connectivity index (χ4v) is 1.72. The van der Waals surface area contributed by atoms with E-state index in [1.54, 1.807) is 0 Å². The highest BCUT2D eigenvalue weighted by Crippen LogP contribution is 2.03. The van der Waals surface area contributed by atoms with Gasteiger partial charge in [-0.2, -0.15) is 11.8 Å². The summed E-state index contributed by atoms with van der Waals surface area (Å²) >= 11 is 1.97. The SMILES string of the molecule is CCSCC1COCCN1. The highest BCUT2D eigenvalue weighted by atomic mass is 32.2. The minimum absolute atomic E-state index is 0.596. The van der Waals surface area contributed by atoms with E-state index in [-0.39, 0.29) is 0 Å². The molecule has 0 radical (unpaired) electrons. The first-order chi connectivity index (χ1) is 4.93. The molecule has 0 bridgehead atoms. The Balaban J connectivity index is 2.02. The molecule has 1 aliphatic heterocycles. The Bertz CT molecular complexity index is 83.7. The van der Waals surface area contributed by atoms with E-state index in [0.717, 1.165) is 19.8 Å². The lowest BCUT2D eigenvalue weighted by Gasteiger charge is -2.22. The van der Waals surface area contributed by atoms with Gasteiger partial charge < -0.3 is 10.1 Å². The molecule has 1 aliphatic rings. The highest BCUT2D eigenvalue weighted by molar-refractivity contribution is 7.99. The predicted octanol–water partition coefficient (Wildman–Crippen LogP) is 0.728. The molecule has 1 rings (SSSR count). The van der Waals surface area contributed by atoms with Gasteiger partial charge in [0.2, 0.25) is 0 Å². The van der Waals surface area contributed by atoms with E-state index in [0.29, 0.717) is 6.04 Å². The average Bonchev–Trinajstić information content (AvgIpc) is 2.03. The predicted molar refractivity (Wildman–Crippen MR) is 45.6 cm³/mol. The third-order valence-electron chi connectivity index (χ3n) is 1.52. The third-order valence-corrected chi connectivity index (χ3v) is 2.57. The fourth-order valence-electron chi connectivity index (χ4n) is 0.987. The van der Waals surface area contributed by atoms with E-state index in [1.807, 2.05) is 11.8 Å². The lowest BCUT2D eigenvalue weighted by Crippen LogP contribution is -2.42. The second kappa shape index (κ2) is 4.99. The van der Waals surface area contributed by atoms with Crippen molar-refractivity contribution in [3.05, 3.63) is 0 Å². The number of hydrogen-bond donors (Lipinski definition) is 1. The second-order valence-electron chi connectivity index (χ2n) is 2.39. The second-order valence-corrected chi connectivity index (χ2v) is 3.70. The van der Waals surface area contributed by atoms with Crippen molar-refractivity contribution in [2.75, 3.05) is 31.3 Å². The topological polar surface area (TPSA) is 21.3 Å². The number of nitrogens with one attached hydrogen (secondary N) is 1. The lowest BCUT2D eigenvalue weighted by atomic mass is 10.3. The molecular formula is C7H15NOS. The maximum Gasteiger partial charge on any atom is 0.0628 e. The van der Waals surface area contributed by atoms with E-state index in [9.17, 15) is 0 Å². The summed E-state index contributed by atoms with van der Waals surface area (Å²) < 4.78 is 5.30. The van der Waals surface area contributed by atoms with Crippen molar-refractivity contribution in [1.29, 1.82) is 0 Å². The number of rotatable bonds is 3. The normalized spacial score (nSPS) is 26.7. The largest absolute Gasteiger partial charge is 0.378 e. The molecule has 0 saturated carbocycles. The Hall–Kier alpha value is 0.270. The van der Waals surface area contributed by atoms with Gasteiger partial charge in [0.1, 0.15) is 0 Å². The first-order valence-corrected chi connectivity index (χ1v) is 4.98. The van der Waals surface area contributed by atoms with Crippen LogP contribution in [0.1, 0.15) is 6.92 Å². The van der Waals surface area contributed by atoms with Gasteiger partial charge in [0.05, 0.1) is 13.2 Å². The van der Waals surface area contributed by atoms with E-state index in [2.05, 4.69) is 12.2 Å². The quantitative estimate of drug-likeness (QED) is 0.659. The summed E-state index contributed by atoms with van der Waals surface area (Å²) in [6.07, 6.45) is 0. The summed E-state index contributed by atoms with van der Waals surface area (Å²) in [6, 6.07) is 0.596. The molecular weight excluding hydrogens is 146 g/mol. The van der Waals surface area contributed by atoms with E-state index >= 15 is 0 Å². The molecule has 1 fully saturated rings. The highest BCUT2D eigenvalue weighted by Gasteiger charge is 2.11. The molecule has 1 saturated heterocycles. The maximum atomic E-state index is 5.30. The number of ether oxygens (including phenoxy) is 1. The van der Waals surface area contributed by atoms with Crippen molar-refractivity contribution in [3.63, 3.8) is 0 Å². The minimum Gasteiger partial charge on any atom is -0.378 e. The van der Waals surface area contributed by atoms with Crippen molar-refractivity contribution in [2.45, 2.75) is 13.0 Å². The van der Waals surface area contributed by atoms with Gasteiger partial charge in [-0.1, -0.05) is 6.92 Å². The molecule has 2 nitrogen and oxygen atoms in total.